The number of hydrogen-bond acceptors (Lipinski definition) is 6. The molecule has 1 fully saturated rings. The van der Waals surface area contributed by atoms with Crippen LogP contribution in [0, 0.1) is 12.8 Å². The van der Waals surface area contributed by atoms with Gasteiger partial charge in [0.2, 0.25) is 0 Å². The van der Waals surface area contributed by atoms with E-state index in [4.69, 9.17) is 13.9 Å². The third-order valence-corrected chi connectivity index (χ3v) is 6.30. The first-order valence-corrected chi connectivity index (χ1v) is 11.8. The van der Waals surface area contributed by atoms with Crippen LogP contribution < -0.4 is 15.7 Å². The van der Waals surface area contributed by atoms with E-state index in [1.54, 1.807) is 6.07 Å². The number of ether oxygens (including phenoxy) is 2. The first-order chi connectivity index (χ1) is 16.4. The van der Waals surface area contributed by atoms with Crippen molar-refractivity contribution >= 4 is 16.9 Å². The Hall–Kier alpha value is -3.16. The van der Waals surface area contributed by atoms with Gasteiger partial charge in [-0.2, -0.15) is 0 Å². The number of carbonyl (C=O) groups excluding carboxylic acids is 1. The highest BCUT2D eigenvalue weighted by Crippen LogP contribution is 2.23. The Morgan fingerprint density at radius 2 is 1.82 bits per heavy atom. The standard InChI is InChI=1S/C27H32N2O5/c1-18(2)24(29-10-12-32-13-11-29)16-28-27(31)21-6-4-20(5-7-21)17-33-22-8-9-23-19(3)14-26(30)34-25(23)15-22/h4-9,14-15,18,24H,10-13,16-17H2,1-3H3,(H,28,31). The smallest absolute Gasteiger partial charge is 0.336 e. The van der Waals surface area contributed by atoms with Crippen LogP contribution in [0.25, 0.3) is 11.0 Å². The Morgan fingerprint density at radius 3 is 2.53 bits per heavy atom. The summed E-state index contributed by atoms with van der Waals surface area (Å²) in [5.41, 5.74) is 2.57. The second-order valence-corrected chi connectivity index (χ2v) is 9.06. The molecule has 1 unspecified atom stereocenters. The van der Waals surface area contributed by atoms with Gasteiger partial charge in [0.25, 0.3) is 5.91 Å². The Labute approximate surface area is 199 Å². The lowest BCUT2D eigenvalue weighted by atomic mass is 10.0. The van der Waals surface area contributed by atoms with Crippen molar-refractivity contribution in [2.24, 2.45) is 5.92 Å². The van der Waals surface area contributed by atoms with Gasteiger partial charge in [0.05, 0.1) is 13.2 Å². The molecule has 0 spiro atoms. The van der Waals surface area contributed by atoms with Gasteiger partial charge in [-0.15, -0.1) is 0 Å². The second kappa shape index (κ2) is 10.8. The van der Waals surface area contributed by atoms with Crippen LogP contribution in [0.2, 0.25) is 0 Å². The molecule has 4 rings (SSSR count). The molecule has 0 aliphatic carbocycles. The van der Waals surface area contributed by atoms with Crippen molar-refractivity contribution in [1.29, 1.82) is 0 Å². The van der Waals surface area contributed by atoms with Crippen LogP contribution in [-0.4, -0.2) is 49.7 Å². The topological polar surface area (TPSA) is 81.0 Å². The number of benzene rings is 2. The summed E-state index contributed by atoms with van der Waals surface area (Å²) in [6.07, 6.45) is 0. The van der Waals surface area contributed by atoms with Gasteiger partial charge in [-0.3, -0.25) is 9.69 Å². The van der Waals surface area contributed by atoms with E-state index in [1.807, 2.05) is 43.3 Å². The molecule has 1 N–H and O–H groups in total. The highest BCUT2D eigenvalue weighted by Gasteiger charge is 2.24. The molecule has 7 heteroatoms. The van der Waals surface area contributed by atoms with Gasteiger partial charge in [-0.1, -0.05) is 26.0 Å². The minimum atomic E-state index is -0.374. The van der Waals surface area contributed by atoms with Crippen LogP contribution in [0.1, 0.15) is 35.3 Å². The first kappa shape index (κ1) is 24.0. The number of amides is 1. The Morgan fingerprint density at radius 1 is 1.09 bits per heavy atom. The molecule has 0 bridgehead atoms. The molecule has 1 atom stereocenters. The fraction of sp³-hybridized carbons (Fsp3) is 0.407. The molecular formula is C27H32N2O5. The summed E-state index contributed by atoms with van der Waals surface area (Å²) >= 11 is 0. The van der Waals surface area contributed by atoms with Gasteiger partial charge in [0, 0.05) is 48.8 Å². The van der Waals surface area contributed by atoms with Gasteiger partial charge < -0.3 is 19.2 Å². The molecule has 2 aromatic carbocycles. The van der Waals surface area contributed by atoms with E-state index in [0.29, 0.717) is 36.0 Å². The number of nitrogens with zero attached hydrogens (tertiary/aromatic N) is 1. The quantitative estimate of drug-likeness (QED) is 0.511. The maximum absolute atomic E-state index is 12.7. The Kier molecular flexibility index (Phi) is 7.65. The zero-order valence-corrected chi connectivity index (χ0v) is 20.0. The van der Waals surface area contributed by atoms with Crippen molar-refractivity contribution < 1.29 is 18.7 Å². The van der Waals surface area contributed by atoms with Crippen LogP contribution in [0.4, 0.5) is 0 Å². The number of aryl methyl sites for hydroxylation is 1. The second-order valence-electron chi connectivity index (χ2n) is 9.06. The molecule has 1 amide bonds. The van der Waals surface area contributed by atoms with Gasteiger partial charge >= 0.3 is 5.63 Å². The van der Waals surface area contributed by atoms with E-state index in [1.165, 1.54) is 6.07 Å². The molecule has 0 saturated carbocycles. The van der Waals surface area contributed by atoms with E-state index in [0.717, 1.165) is 42.8 Å². The Balaban J connectivity index is 1.33. The van der Waals surface area contributed by atoms with Crippen LogP contribution in [0.5, 0.6) is 5.75 Å². The van der Waals surface area contributed by atoms with Crippen LogP contribution in [0.3, 0.4) is 0 Å². The normalized spacial score (nSPS) is 15.4. The summed E-state index contributed by atoms with van der Waals surface area (Å²) in [6.45, 7) is 10.5. The summed E-state index contributed by atoms with van der Waals surface area (Å²) in [5.74, 6) is 0.974. The predicted molar refractivity (Wildman–Crippen MR) is 131 cm³/mol. The Bertz CT molecular complexity index is 1180. The largest absolute Gasteiger partial charge is 0.489 e. The molecular weight excluding hydrogens is 432 g/mol. The van der Waals surface area contributed by atoms with Crippen molar-refractivity contribution in [2.75, 3.05) is 32.8 Å². The summed E-state index contributed by atoms with van der Waals surface area (Å²) < 4.78 is 16.6. The molecule has 1 saturated heterocycles. The summed E-state index contributed by atoms with van der Waals surface area (Å²) in [6, 6.07) is 14.7. The van der Waals surface area contributed by atoms with Crippen LogP contribution in [0.15, 0.2) is 57.7 Å². The first-order valence-electron chi connectivity index (χ1n) is 11.8. The SMILES string of the molecule is Cc1cc(=O)oc2cc(OCc3ccc(C(=O)NCC(C(C)C)N4CCOCC4)cc3)ccc12. The van der Waals surface area contributed by atoms with Gasteiger partial charge in [-0.25, -0.2) is 4.79 Å². The molecule has 180 valence electrons. The fourth-order valence-corrected chi connectivity index (χ4v) is 4.31. The van der Waals surface area contributed by atoms with E-state index >= 15 is 0 Å². The molecule has 3 aromatic rings. The number of nitrogens with one attached hydrogen (secondary N) is 1. The van der Waals surface area contributed by atoms with Crippen molar-refractivity contribution in [3.05, 3.63) is 75.6 Å². The number of carbonyl (C=O) groups is 1. The molecule has 7 nitrogen and oxygen atoms in total. The van der Waals surface area contributed by atoms with Crippen LogP contribution >= 0.6 is 0 Å². The van der Waals surface area contributed by atoms with E-state index < -0.39 is 0 Å². The van der Waals surface area contributed by atoms with E-state index in [9.17, 15) is 9.59 Å². The zero-order valence-electron chi connectivity index (χ0n) is 20.0. The molecule has 1 aromatic heterocycles. The number of rotatable bonds is 8. The van der Waals surface area contributed by atoms with Gasteiger partial charge in [-0.05, 0) is 48.2 Å². The lowest BCUT2D eigenvalue weighted by Gasteiger charge is -2.36. The molecule has 2 heterocycles. The summed E-state index contributed by atoms with van der Waals surface area (Å²) in [5, 5.41) is 3.98. The molecule has 34 heavy (non-hydrogen) atoms. The summed E-state index contributed by atoms with van der Waals surface area (Å²) in [4.78, 5) is 26.7. The van der Waals surface area contributed by atoms with Crippen molar-refractivity contribution in [3.8, 4) is 5.75 Å². The van der Waals surface area contributed by atoms with E-state index in [-0.39, 0.29) is 17.6 Å². The number of fused-ring (bicyclic) bond motifs is 1. The maximum atomic E-state index is 12.7. The average molecular weight is 465 g/mol. The molecule has 0 radical (unpaired) electrons. The summed E-state index contributed by atoms with van der Waals surface area (Å²) in [7, 11) is 0. The van der Waals surface area contributed by atoms with Gasteiger partial charge in [0.1, 0.15) is 17.9 Å². The zero-order chi connectivity index (χ0) is 24.1. The minimum Gasteiger partial charge on any atom is -0.489 e. The average Bonchev–Trinajstić information content (AvgIpc) is 2.83. The third-order valence-electron chi connectivity index (χ3n) is 6.30. The van der Waals surface area contributed by atoms with Crippen molar-refractivity contribution in [2.45, 2.75) is 33.4 Å². The molecule has 1 aliphatic rings. The lowest BCUT2D eigenvalue weighted by Crippen LogP contribution is -2.51. The minimum absolute atomic E-state index is 0.0775. The monoisotopic (exact) mass is 464 g/mol. The predicted octanol–water partition coefficient (Wildman–Crippen LogP) is 3.77. The highest BCUT2D eigenvalue weighted by atomic mass is 16.5. The van der Waals surface area contributed by atoms with Gasteiger partial charge in [0.15, 0.2) is 0 Å². The van der Waals surface area contributed by atoms with Crippen LogP contribution in [-0.2, 0) is 11.3 Å². The fourth-order valence-electron chi connectivity index (χ4n) is 4.31. The number of hydrogen-bond donors (Lipinski definition) is 1. The molecule has 1 aliphatic heterocycles. The van der Waals surface area contributed by atoms with E-state index in [2.05, 4.69) is 24.1 Å². The van der Waals surface area contributed by atoms with Crippen molar-refractivity contribution in [1.82, 2.24) is 10.2 Å². The third kappa shape index (κ3) is 5.85. The van der Waals surface area contributed by atoms with Crippen molar-refractivity contribution in [3.63, 3.8) is 0 Å². The lowest BCUT2D eigenvalue weighted by molar-refractivity contribution is 0.00673. The number of morpholine rings is 1. The maximum Gasteiger partial charge on any atom is 0.336 e. The highest BCUT2D eigenvalue weighted by molar-refractivity contribution is 5.94.